The van der Waals surface area contributed by atoms with E-state index < -0.39 is 21.8 Å². The first kappa shape index (κ1) is 22.7. The summed E-state index contributed by atoms with van der Waals surface area (Å²) in [6, 6.07) is 1.96. The average Bonchev–Trinajstić information content (AvgIpc) is 2.67. The van der Waals surface area contributed by atoms with Crippen molar-refractivity contribution in [2.24, 2.45) is 15.5 Å². The minimum absolute atomic E-state index is 0.0335. The lowest BCUT2D eigenvalue weighted by Gasteiger charge is -2.32. The van der Waals surface area contributed by atoms with Crippen molar-refractivity contribution in [3.05, 3.63) is 61.9 Å². The second-order valence-corrected chi connectivity index (χ2v) is 9.02. The molecular weight excluding hydrogens is 434 g/mol. The van der Waals surface area contributed by atoms with Crippen LogP contribution in [0.2, 0.25) is 0 Å². The first-order valence-corrected chi connectivity index (χ1v) is 11.6. The fourth-order valence-corrected chi connectivity index (χ4v) is 4.96. The van der Waals surface area contributed by atoms with E-state index in [1.807, 2.05) is 6.07 Å². The van der Waals surface area contributed by atoms with Gasteiger partial charge in [-0.2, -0.15) is 5.26 Å². The molecule has 0 saturated heterocycles. The third kappa shape index (κ3) is 5.06. The van der Waals surface area contributed by atoms with Gasteiger partial charge in [0, 0.05) is 24.4 Å². The number of rotatable bonds is 6. The van der Waals surface area contributed by atoms with Crippen LogP contribution < -0.4 is 5.32 Å². The van der Waals surface area contributed by atoms with Crippen LogP contribution in [-0.4, -0.2) is 38.3 Å². The number of hydrogen-bond acceptors (Lipinski definition) is 9. The SMILES string of the molecule is CS/C(C#N)=C\SN=CNC(=O)C1=C(N=O)C2C=CC/C=C\C=C2S(=O)(=O)N1C. The summed E-state index contributed by atoms with van der Waals surface area (Å²) in [5.74, 6) is -1.79. The molecule has 1 aliphatic heterocycles. The maximum absolute atomic E-state index is 12.9. The molecule has 0 aromatic heterocycles. The van der Waals surface area contributed by atoms with Crippen LogP contribution >= 0.6 is 23.7 Å². The van der Waals surface area contributed by atoms with Crippen molar-refractivity contribution in [2.45, 2.75) is 6.42 Å². The first-order valence-electron chi connectivity index (χ1n) is 8.11. The predicted molar refractivity (Wildman–Crippen MR) is 115 cm³/mol. The maximum atomic E-state index is 12.9. The summed E-state index contributed by atoms with van der Waals surface area (Å²) in [6.07, 6.45) is 11.4. The zero-order chi connectivity index (χ0) is 21.4. The zero-order valence-electron chi connectivity index (χ0n) is 15.5. The molecule has 29 heavy (non-hydrogen) atoms. The van der Waals surface area contributed by atoms with Gasteiger partial charge in [0.15, 0.2) is 0 Å². The smallest absolute Gasteiger partial charge is 0.275 e. The molecule has 0 saturated carbocycles. The Kier molecular flexibility index (Phi) is 8.00. The lowest BCUT2D eigenvalue weighted by molar-refractivity contribution is -0.117. The van der Waals surface area contributed by atoms with Crippen molar-refractivity contribution >= 4 is 46.0 Å². The van der Waals surface area contributed by atoms with Gasteiger partial charge in [0.05, 0.1) is 15.7 Å². The Morgan fingerprint density at radius 1 is 1.45 bits per heavy atom. The lowest BCUT2D eigenvalue weighted by atomic mass is 9.99. The molecular formula is C17H17N5O4S3. The Labute approximate surface area is 177 Å². The molecule has 1 N–H and O–H groups in total. The number of nitrogens with one attached hydrogen (secondary N) is 1. The van der Waals surface area contributed by atoms with Gasteiger partial charge in [-0.3, -0.25) is 9.10 Å². The molecule has 0 fully saturated rings. The molecule has 0 bridgehead atoms. The zero-order valence-corrected chi connectivity index (χ0v) is 17.9. The van der Waals surface area contributed by atoms with Crippen LogP contribution in [0.25, 0.3) is 0 Å². The number of likely N-dealkylation sites (N-methyl/N-ethyl adjacent to an activating group) is 1. The van der Waals surface area contributed by atoms with Crippen molar-refractivity contribution in [1.29, 1.82) is 5.26 Å². The Morgan fingerprint density at radius 3 is 2.86 bits per heavy atom. The highest BCUT2D eigenvalue weighted by Crippen LogP contribution is 2.38. The number of fused-ring (bicyclic) bond motifs is 1. The summed E-state index contributed by atoms with van der Waals surface area (Å²) in [7, 11) is -2.83. The molecule has 0 aromatic carbocycles. The number of carbonyl (C=O) groups is 1. The van der Waals surface area contributed by atoms with Gasteiger partial charge >= 0.3 is 0 Å². The Balaban J connectivity index is 2.35. The van der Waals surface area contributed by atoms with Crippen LogP contribution in [0.3, 0.4) is 0 Å². The van der Waals surface area contributed by atoms with E-state index in [0.717, 1.165) is 22.6 Å². The standard InChI is InChI=1S/C17H17N5O4S3/c1-22-16(17(23)19-11-20-28-10-12(9-18)27-2)15(21-24)13-7-5-3-4-6-8-14(13)29(22,25)26/h4-8,10-11,13H,3H2,1-2H3,(H,19,20,23)/b6-4-,7-5?,12-10-,14-8?. The minimum Gasteiger partial charge on any atom is -0.311 e. The van der Waals surface area contributed by atoms with Crippen LogP contribution in [0.5, 0.6) is 0 Å². The molecule has 1 amide bonds. The molecule has 1 heterocycles. The van der Waals surface area contributed by atoms with E-state index in [2.05, 4.69) is 14.9 Å². The summed E-state index contributed by atoms with van der Waals surface area (Å²) in [5.41, 5.74) is -0.571. The number of hydrogen-bond donors (Lipinski definition) is 1. The molecule has 12 heteroatoms. The second-order valence-electron chi connectivity index (χ2n) is 5.55. The van der Waals surface area contributed by atoms with E-state index in [4.69, 9.17) is 5.26 Å². The number of carbonyl (C=O) groups excluding carboxylic acids is 1. The van der Waals surface area contributed by atoms with Gasteiger partial charge in [-0.25, -0.2) is 12.8 Å². The number of amides is 1. The molecule has 9 nitrogen and oxygen atoms in total. The summed E-state index contributed by atoms with van der Waals surface area (Å²) >= 11 is 2.17. The topological polar surface area (TPSA) is 132 Å². The quantitative estimate of drug-likeness (QED) is 0.164. The van der Waals surface area contributed by atoms with E-state index in [-0.39, 0.29) is 16.3 Å². The predicted octanol–water partition coefficient (Wildman–Crippen LogP) is 2.78. The van der Waals surface area contributed by atoms with Crippen LogP contribution in [0.15, 0.2) is 66.6 Å². The van der Waals surface area contributed by atoms with Crippen molar-refractivity contribution in [2.75, 3.05) is 13.3 Å². The number of nitrogens with zero attached hydrogens (tertiary/aromatic N) is 4. The largest absolute Gasteiger partial charge is 0.311 e. The van der Waals surface area contributed by atoms with Crippen LogP contribution in [0, 0.1) is 22.2 Å². The van der Waals surface area contributed by atoms with Gasteiger partial charge in [-0.15, -0.1) is 16.7 Å². The fourth-order valence-electron chi connectivity index (χ4n) is 2.53. The van der Waals surface area contributed by atoms with Crippen LogP contribution in [-0.2, 0) is 14.8 Å². The highest BCUT2D eigenvalue weighted by Gasteiger charge is 2.42. The number of allylic oxidation sites excluding steroid dienone is 6. The fraction of sp³-hybridized carbons (Fsp3) is 0.235. The van der Waals surface area contributed by atoms with Gasteiger partial charge in [0.25, 0.3) is 15.9 Å². The summed E-state index contributed by atoms with van der Waals surface area (Å²) < 4.78 is 30.3. The van der Waals surface area contributed by atoms with E-state index in [9.17, 15) is 18.1 Å². The summed E-state index contributed by atoms with van der Waals surface area (Å²) in [6.45, 7) is 0. The van der Waals surface area contributed by atoms with E-state index in [1.165, 1.54) is 30.3 Å². The highest BCUT2D eigenvalue weighted by atomic mass is 32.2. The monoisotopic (exact) mass is 451 g/mol. The summed E-state index contributed by atoms with van der Waals surface area (Å²) in [5, 5.41) is 15.6. The van der Waals surface area contributed by atoms with Crippen LogP contribution in [0.4, 0.5) is 0 Å². The Bertz CT molecular complexity index is 1020. The summed E-state index contributed by atoms with van der Waals surface area (Å²) in [4.78, 5) is 24.5. The van der Waals surface area contributed by atoms with Gasteiger partial charge in [0.1, 0.15) is 23.8 Å². The number of sulfonamides is 1. The van der Waals surface area contributed by atoms with Crippen molar-refractivity contribution in [3.8, 4) is 6.07 Å². The lowest BCUT2D eigenvalue weighted by Crippen LogP contribution is -2.42. The molecule has 1 atom stereocenters. The Hall–Kier alpha value is -2.62. The number of nitriles is 1. The van der Waals surface area contributed by atoms with Gasteiger partial charge in [0.2, 0.25) is 0 Å². The van der Waals surface area contributed by atoms with E-state index >= 15 is 0 Å². The molecule has 2 rings (SSSR count). The van der Waals surface area contributed by atoms with Gasteiger partial charge in [-0.05, 0) is 23.9 Å². The first-order chi connectivity index (χ1) is 13.9. The molecule has 1 unspecified atom stereocenters. The number of nitroso groups, excluding NO2 is 1. The molecule has 152 valence electrons. The third-order valence-electron chi connectivity index (χ3n) is 3.93. The molecule has 0 aromatic rings. The number of thioether (sulfide) groups is 1. The third-order valence-corrected chi connectivity index (χ3v) is 7.18. The average molecular weight is 452 g/mol. The van der Waals surface area contributed by atoms with Gasteiger partial charge < -0.3 is 5.32 Å². The van der Waals surface area contributed by atoms with E-state index in [1.54, 1.807) is 30.6 Å². The molecule has 0 radical (unpaired) electrons. The maximum Gasteiger partial charge on any atom is 0.275 e. The van der Waals surface area contributed by atoms with Gasteiger partial charge in [-0.1, -0.05) is 24.3 Å². The Morgan fingerprint density at radius 2 is 2.21 bits per heavy atom. The van der Waals surface area contributed by atoms with Crippen LogP contribution in [0.1, 0.15) is 6.42 Å². The van der Waals surface area contributed by atoms with E-state index in [0.29, 0.717) is 11.3 Å². The molecule has 2 aliphatic rings. The van der Waals surface area contributed by atoms with Crippen molar-refractivity contribution in [3.63, 3.8) is 0 Å². The molecule has 1 aliphatic carbocycles. The van der Waals surface area contributed by atoms with Crippen molar-refractivity contribution < 1.29 is 13.2 Å². The molecule has 0 spiro atoms. The minimum atomic E-state index is -4.02. The highest BCUT2D eigenvalue weighted by molar-refractivity contribution is 8.05. The second kappa shape index (κ2) is 10.2. The normalized spacial score (nSPS) is 22.2. The van der Waals surface area contributed by atoms with Crippen molar-refractivity contribution in [1.82, 2.24) is 9.62 Å².